The Hall–Kier alpha value is -3.12. The van der Waals surface area contributed by atoms with E-state index in [1.54, 1.807) is 29.2 Å². The smallest absolute Gasteiger partial charge is 0.295 e. The van der Waals surface area contributed by atoms with E-state index >= 15 is 0 Å². The summed E-state index contributed by atoms with van der Waals surface area (Å²) in [5.74, 6) is -0.385. The summed E-state index contributed by atoms with van der Waals surface area (Å²) >= 11 is 0. The maximum absolute atomic E-state index is 13.3. The fourth-order valence-corrected chi connectivity index (χ4v) is 4.30. The molecule has 1 heterocycles. The van der Waals surface area contributed by atoms with Crippen molar-refractivity contribution >= 4 is 17.4 Å². The van der Waals surface area contributed by atoms with Gasteiger partial charge in [-0.1, -0.05) is 58.9 Å². The monoisotopic (exact) mass is 507 g/mol. The third kappa shape index (κ3) is 7.01. The first kappa shape index (κ1) is 28.5. The van der Waals surface area contributed by atoms with E-state index in [4.69, 9.17) is 9.47 Å². The highest BCUT2D eigenvalue weighted by molar-refractivity contribution is 6.46. The van der Waals surface area contributed by atoms with Crippen LogP contribution < -0.4 is 4.74 Å². The van der Waals surface area contributed by atoms with Crippen LogP contribution in [-0.2, 0) is 19.7 Å². The van der Waals surface area contributed by atoms with Gasteiger partial charge in [0, 0.05) is 18.7 Å². The molecule has 0 radical (unpaired) electrons. The summed E-state index contributed by atoms with van der Waals surface area (Å²) in [6.07, 6.45) is 0.674. The zero-order chi connectivity index (χ0) is 27.3. The Labute approximate surface area is 221 Å². The average Bonchev–Trinajstić information content (AvgIpc) is 3.09. The van der Waals surface area contributed by atoms with Gasteiger partial charge in [0.1, 0.15) is 11.5 Å². The summed E-state index contributed by atoms with van der Waals surface area (Å²) in [7, 11) is 0. The number of aliphatic hydroxyl groups is 1. The highest BCUT2D eigenvalue weighted by atomic mass is 16.5. The molecule has 0 saturated carbocycles. The van der Waals surface area contributed by atoms with Crippen molar-refractivity contribution in [3.8, 4) is 5.75 Å². The van der Waals surface area contributed by atoms with Crippen molar-refractivity contribution in [1.82, 2.24) is 4.90 Å². The van der Waals surface area contributed by atoms with Crippen LogP contribution in [0.15, 0.2) is 54.1 Å². The molecule has 1 saturated heterocycles. The number of aliphatic hydroxyl groups excluding tert-OH is 1. The number of carbonyl (C=O) groups is 2. The van der Waals surface area contributed by atoms with Crippen LogP contribution in [0, 0.1) is 5.92 Å². The van der Waals surface area contributed by atoms with E-state index in [0.717, 1.165) is 11.1 Å². The molecule has 0 aliphatic carbocycles. The molecule has 200 valence electrons. The summed E-state index contributed by atoms with van der Waals surface area (Å²) in [5, 5.41) is 11.3. The number of carbonyl (C=O) groups excluding carboxylic acids is 2. The Balaban J connectivity index is 1.99. The largest absolute Gasteiger partial charge is 0.507 e. The molecule has 1 atom stereocenters. The van der Waals surface area contributed by atoms with Gasteiger partial charge in [-0.05, 0) is 67.0 Å². The van der Waals surface area contributed by atoms with Crippen molar-refractivity contribution in [2.45, 2.75) is 72.4 Å². The van der Waals surface area contributed by atoms with Crippen LogP contribution >= 0.6 is 0 Å². The van der Waals surface area contributed by atoms with Gasteiger partial charge in [0.05, 0.1) is 24.3 Å². The number of benzene rings is 2. The zero-order valence-electron chi connectivity index (χ0n) is 23.2. The molecule has 0 spiro atoms. The maximum Gasteiger partial charge on any atom is 0.295 e. The zero-order valence-corrected chi connectivity index (χ0v) is 23.2. The van der Waals surface area contributed by atoms with Crippen LogP contribution in [0.1, 0.15) is 77.6 Å². The number of ketones is 1. The van der Waals surface area contributed by atoms with E-state index in [1.807, 2.05) is 38.1 Å². The number of Topliss-reactive ketones (excluding diaryl/α,β-unsaturated/α-hetero) is 1. The molecule has 0 bridgehead atoms. The Morgan fingerprint density at radius 3 is 2.14 bits per heavy atom. The van der Waals surface area contributed by atoms with Gasteiger partial charge in [-0.15, -0.1) is 0 Å². The molecule has 6 nitrogen and oxygen atoms in total. The van der Waals surface area contributed by atoms with Gasteiger partial charge in [0.2, 0.25) is 0 Å². The molecule has 1 amide bonds. The Bertz CT molecular complexity index is 1110. The molecular weight excluding hydrogens is 466 g/mol. The van der Waals surface area contributed by atoms with Gasteiger partial charge in [-0.2, -0.15) is 0 Å². The lowest BCUT2D eigenvalue weighted by Crippen LogP contribution is -2.31. The standard InChI is InChI=1S/C31H41NO5/c1-20(2)19-37-25-15-11-23(12-16-25)28(33)26-27(22-9-13-24(14-10-22)31(5,6)7)32(30(35)29(26)34)17-8-18-36-21(3)4/h9-16,20-21,27,33H,8,17-19H2,1-7H3/b28-26-. The van der Waals surface area contributed by atoms with E-state index in [9.17, 15) is 14.7 Å². The molecule has 0 aromatic heterocycles. The summed E-state index contributed by atoms with van der Waals surface area (Å²) in [4.78, 5) is 28.0. The normalized spacial score (nSPS) is 17.8. The van der Waals surface area contributed by atoms with Crippen molar-refractivity contribution in [2.75, 3.05) is 19.8 Å². The SMILES string of the molecule is CC(C)COc1ccc(/C(O)=C2/C(=O)C(=O)N(CCCOC(C)C)C2c2ccc(C(C)(C)C)cc2)cc1. The molecule has 2 aromatic rings. The van der Waals surface area contributed by atoms with Crippen molar-refractivity contribution in [2.24, 2.45) is 5.92 Å². The predicted octanol–water partition coefficient (Wildman–Crippen LogP) is 6.26. The molecule has 1 fully saturated rings. The van der Waals surface area contributed by atoms with Crippen LogP contribution in [0.3, 0.4) is 0 Å². The number of hydrogen-bond donors (Lipinski definition) is 1. The number of amides is 1. The molecule has 1 N–H and O–H groups in total. The van der Waals surface area contributed by atoms with E-state index < -0.39 is 17.7 Å². The highest BCUT2D eigenvalue weighted by Crippen LogP contribution is 2.40. The molecule has 1 aliphatic rings. The highest BCUT2D eigenvalue weighted by Gasteiger charge is 2.45. The molecule has 37 heavy (non-hydrogen) atoms. The first-order valence-corrected chi connectivity index (χ1v) is 13.1. The predicted molar refractivity (Wildman–Crippen MR) is 147 cm³/mol. The van der Waals surface area contributed by atoms with Crippen molar-refractivity contribution < 1.29 is 24.2 Å². The third-order valence-corrected chi connectivity index (χ3v) is 6.34. The molecule has 1 unspecified atom stereocenters. The Morgan fingerprint density at radius 2 is 1.59 bits per heavy atom. The molecule has 6 heteroatoms. The first-order valence-electron chi connectivity index (χ1n) is 13.1. The number of rotatable bonds is 10. The minimum Gasteiger partial charge on any atom is -0.507 e. The fraction of sp³-hybridized carbons (Fsp3) is 0.484. The average molecular weight is 508 g/mol. The van der Waals surface area contributed by atoms with Gasteiger partial charge in [0.15, 0.2) is 0 Å². The lowest BCUT2D eigenvalue weighted by molar-refractivity contribution is -0.140. The quantitative estimate of drug-likeness (QED) is 0.178. The number of likely N-dealkylation sites (tertiary alicyclic amines) is 1. The first-order chi connectivity index (χ1) is 17.4. The summed E-state index contributed by atoms with van der Waals surface area (Å²) < 4.78 is 11.4. The van der Waals surface area contributed by atoms with Crippen LogP contribution in [0.4, 0.5) is 0 Å². The second-order valence-corrected chi connectivity index (χ2v) is 11.4. The van der Waals surface area contributed by atoms with E-state index in [2.05, 4.69) is 34.6 Å². The number of nitrogens with zero attached hydrogens (tertiary/aromatic N) is 1. The van der Waals surface area contributed by atoms with Gasteiger partial charge >= 0.3 is 0 Å². The Kier molecular flexibility index (Phi) is 9.19. The minimum absolute atomic E-state index is 0.0338. The third-order valence-electron chi connectivity index (χ3n) is 6.34. The van der Waals surface area contributed by atoms with Gasteiger partial charge in [0.25, 0.3) is 11.7 Å². The topological polar surface area (TPSA) is 76.1 Å². The van der Waals surface area contributed by atoms with Crippen LogP contribution in [-0.4, -0.2) is 47.6 Å². The van der Waals surface area contributed by atoms with Gasteiger partial charge in [-0.25, -0.2) is 0 Å². The minimum atomic E-state index is -0.676. The van der Waals surface area contributed by atoms with E-state index in [-0.39, 0.29) is 22.9 Å². The number of ether oxygens (including phenoxy) is 2. The summed E-state index contributed by atoms with van der Waals surface area (Å²) in [5.41, 5.74) is 2.47. The van der Waals surface area contributed by atoms with Crippen LogP contribution in [0.2, 0.25) is 0 Å². The molecule has 2 aromatic carbocycles. The van der Waals surface area contributed by atoms with Crippen LogP contribution in [0.5, 0.6) is 5.75 Å². The van der Waals surface area contributed by atoms with Crippen molar-refractivity contribution in [3.63, 3.8) is 0 Å². The van der Waals surface area contributed by atoms with Crippen molar-refractivity contribution in [3.05, 3.63) is 70.8 Å². The van der Waals surface area contributed by atoms with E-state index in [0.29, 0.717) is 43.4 Å². The molecule has 3 rings (SSSR count). The summed E-state index contributed by atoms with van der Waals surface area (Å²) in [6.45, 7) is 15.9. The maximum atomic E-state index is 13.3. The van der Waals surface area contributed by atoms with Gasteiger partial charge < -0.3 is 19.5 Å². The van der Waals surface area contributed by atoms with Crippen molar-refractivity contribution in [1.29, 1.82) is 0 Å². The molecule has 1 aliphatic heterocycles. The lowest BCUT2D eigenvalue weighted by atomic mass is 9.85. The number of hydrogen-bond acceptors (Lipinski definition) is 5. The van der Waals surface area contributed by atoms with E-state index in [1.165, 1.54) is 0 Å². The van der Waals surface area contributed by atoms with Crippen LogP contribution in [0.25, 0.3) is 5.76 Å². The Morgan fingerprint density at radius 1 is 0.973 bits per heavy atom. The molecular formula is C31H41NO5. The fourth-order valence-electron chi connectivity index (χ4n) is 4.30. The summed E-state index contributed by atoms with van der Waals surface area (Å²) in [6, 6.07) is 14.2. The second kappa shape index (κ2) is 12.0. The van der Waals surface area contributed by atoms with Gasteiger partial charge in [-0.3, -0.25) is 9.59 Å². The lowest BCUT2D eigenvalue weighted by Gasteiger charge is -2.26. The second-order valence-electron chi connectivity index (χ2n) is 11.4.